The van der Waals surface area contributed by atoms with Gasteiger partial charge in [-0.3, -0.25) is 14.5 Å². The number of nitrogen functional groups attached to an aromatic ring is 1. The third-order valence-electron chi connectivity index (χ3n) is 3.62. The van der Waals surface area contributed by atoms with Crippen molar-refractivity contribution >= 4 is 23.0 Å². The molecule has 0 saturated carbocycles. The van der Waals surface area contributed by atoms with E-state index >= 15 is 0 Å². The number of rotatable bonds is 6. The summed E-state index contributed by atoms with van der Waals surface area (Å²) in [5.41, 5.74) is 7.64. The van der Waals surface area contributed by atoms with E-state index in [1.165, 1.54) is 4.57 Å². The quantitative estimate of drug-likeness (QED) is 0.597. The van der Waals surface area contributed by atoms with E-state index in [2.05, 4.69) is 20.5 Å². The van der Waals surface area contributed by atoms with Crippen LogP contribution in [0.3, 0.4) is 0 Å². The first-order chi connectivity index (χ1) is 11.5. The van der Waals surface area contributed by atoms with E-state index in [0.29, 0.717) is 29.9 Å². The molecular weight excluding hydrogens is 312 g/mol. The zero-order valence-electron chi connectivity index (χ0n) is 13.2. The van der Waals surface area contributed by atoms with Crippen LogP contribution in [0.4, 0.5) is 5.95 Å². The number of oxazole rings is 1. The second kappa shape index (κ2) is 6.57. The van der Waals surface area contributed by atoms with Gasteiger partial charge in [0.2, 0.25) is 11.9 Å². The summed E-state index contributed by atoms with van der Waals surface area (Å²) in [7, 11) is 0. The van der Waals surface area contributed by atoms with Gasteiger partial charge in [0, 0.05) is 25.9 Å². The van der Waals surface area contributed by atoms with Crippen molar-refractivity contribution in [1.29, 1.82) is 0 Å². The second-order valence-corrected chi connectivity index (χ2v) is 5.48. The summed E-state index contributed by atoms with van der Waals surface area (Å²) in [6.45, 7) is 2.61. The predicted octanol–water partition coefficient (Wildman–Crippen LogP) is 0.352. The van der Waals surface area contributed by atoms with Crippen molar-refractivity contribution in [3.8, 4) is 0 Å². The Kier molecular flexibility index (Phi) is 4.32. The van der Waals surface area contributed by atoms with Crippen molar-refractivity contribution < 1.29 is 9.21 Å². The Bertz CT molecular complexity index is 923. The van der Waals surface area contributed by atoms with Gasteiger partial charge >= 0.3 is 5.76 Å². The van der Waals surface area contributed by atoms with Gasteiger partial charge in [0.15, 0.2) is 5.58 Å². The fraction of sp³-hybridized carbons (Fsp3) is 0.333. The SMILES string of the molecule is Cc1ccc2oc(=O)n(CCC(=O)NCCc3nc(N)n[nH]3)c2c1. The number of benzene rings is 1. The molecule has 0 radical (unpaired) electrons. The number of aryl methyl sites for hydroxylation is 2. The lowest BCUT2D eigenvalue weighted by Gasteiger charge is -2.05. The molecule has 0 atom stereocenters. The largest absolute Gasteiger partial charge is 0.419 e. The number of nitrogens with two attached hydrogens (primary N) is 1. The lowest BCUT2D eigenvalue weighted by molar-refractivity contribution is -0.121. The molecule has 0 aliphatic rings. The molecule has 0 aliphatic carbocycles. The number of amides is 1. The molecule has 3 rings (SSSR count). The van der Waals surface area contributed by atoms with Crippen molar-refractivity contribution in [2.45, 2.75) is 26.3 Å². The molecule has 3 aromatic rings. The van der Waals surface area contributed by atoms with E-state index in [1.54, 1.807) is 6.07 Å². The number of anilines is 1. The maximum atomic E-state index is 11.9. The van der Waals surface area contributed by atoms with E-state index in [-0.39, 0.29) is 24.8 Å². The van der Waals surface area contributed by atoms with Crippen molar-refractivity contribution in [2.75, 3.05) is 12.3 Å². The van der Waals surface area contributed by atoms with E-state index in [9.17, 15) is 9.59 Å². The first-order valence-corrected chi connectivity index (χ1v) is 7.56. The topological polar surface area (TPSA) is 132 Å². The molecular formula is C15H18N6O3. The van der Waals surface area contributed by atoms with Crippen LogP contribution in [-0.2, 0) is 17.8 Å². The number of nitrogens with one attached hydrogen (secondary N) is 2. The van der Waals surface area contributed by atoms with Crippen molar-refractivity contribution in [3.05, 3.63) is 40.1 Å². The van der Waals surface area contributed by atoms with Crippen LogP contribution in [0.15, 0.2) is 27.4 Å². The number of aromatic amines is 1. The molecule has 2 aromatic heterocycles. The summed E-state index contributed by atoms with van der Waals surface area (Å²) in [4.78, 5) is 27.8. The molecule has 0 fully saturated rings. The lowest BCUT2D eigenvalue weighted by atomic mass is 10.2. The van der Waals surface area contributed by atoms with Gasteiger partial charge < -0.3 is 15.5 Å². The highest BCUT2D eigenvalue weighted by Gasteiger charge is 2.11. The summed E-state index contributed by atoms with van der Waals surface area (Å²) in [6, 6.07) is 5.50. The summed E-state index contributed by atoms with van der Waals surface area (Å²) < 4.78 is 6.64. The Morgan fingerprint density at radius 2 is 2.29 bits per heavy atom. The molecule has 1 aromatic carbocycles. The molecule has 126 valence electrons. The van der Waals surface area contributed by atoms with Gasteiger partial charge in [-0.2, -0.15) is 4.98 Å². The number of nitrogens with zero attached hydrogens (tertiary/aromatic N) is 3. The smallest absolute Gasteiger partial charge is 0.408 e. The lowest BCUT2D eigenvalue weighted by Crippen LogP contribution is -2.28. The molecule has 9 nitrogen and oxygen atoms in total. The van der Waals surface area contributed by atoms with Crippen molar-refractivity contribution in [2.24, 2.45) is 0 Å². The van der Waals surface area contributed by atoms with Gasteiger partial charge in [0.1, 0.15) is 5.82 Å². The summed E-state index contributed by atoms with van der Waals surface area (Å²) in [5.74, 6) is 0.176. The fourth-order valence-electron chi connectivity index (χ4n) is 2.43. The Morgan fingerprint density at radius 1 is 1.46 bits per heavy atom. The van der Waals surface area contributed by atoms with Crippen molar-refractivity contribution in [1.82, 2.24) is 25.1 Å². The van der Waals surface area contributed by atoms with Gasteiger partial charge in [0.05, 0.1) is 5.52 Å². The van der Waals surface area contributed by atoms with Gasteiger partial charge in [-0.25, -0.2) is 4.79 Å². The van der Waals surface area contributed by atoms with Crippen LogP contribution in [-0.4, -0.2) is 32.2 Å². The van der Waals surface area contributed by atoms with E-state index in [1.807, 2.05) is 19.1 Å². The average Bonchev–Trinajstić information content (AvgIpc) is 3.08. The summed E-state index contributed by atoms with van der Waals surface area (Å²) in [5, 5.41) is 9.15. The monoisotopic (exact) mass is 330 g/mol. The molecule has 0 bridgehead atoms. The third-order valence-corrected chi connectivity index (χ3v) is 3.62. The molecule has 0 spiro atoms. The zero-order valence-corrected chi connectivity index (χ0v) is 13.2. The Labute approximate surface area is 136 Å². The van der Waals surface area contributed by atoms with Crippen LogP contribution >= 0.6 is 0 Å². The minimum atomic E-state index is -0.458. The predicted molar refractivity (Wildman–Crippen MR) is 87.3 cm³/mol. The average molecular weight is 330 g/mol. The highest BCUT2D eigenvalue weighted by molar-refractivity contribution is 5.77. The maximum absolute atomic E-state index is 11.9. The minimum absolute atomic E-state index is 0.156. The Balaban J connectivity index is 1.55. The van der Waals surface area contributed by atoms with Gasteiger partial charge in [-0.05, 0) is 24.6 Å². The standard InChI is InChI=1S/C15H18N6O3/c1-9-2-3-11-10(8-9)21(15(23)24-11)7-5-13(22)17-6-4-12-18-14(16)20-19-12/h2-3,8H,4-7H2,1H3,(H,17,22)(H3,16,18,19,20). The van der Waals surface area contributed by atoms with Gasteiger partial charge in [0.25, 0.3) is 0 Å². The van der Waals surface area contributed by atoms with Crippen LogP contribution in [0.25, 0.3) is 11.1 Å². The molecule has 9 heteroatoms. The first kappa shape index (κ1) is 15.8. The highest BCUT2D eigenvalue weighted by Crippen LogP contribution is 2.14. The Morgan fingerprint density at radius 3 is 3.04 bits per heavy atom. The summed E-state index contributed by atoms with van der Waals surface area (Å²) in [6.07, 6.45) is 0.685. The number of hydrogen-bond acceptors (Lipinski definition) is 6. The van der Waals surface area contributed by atoms with Gasteiger partial charge in [-0.15, -0.1) is 5.10 Å². The zero-order chi connectivity index (χ0) is 17.1. The normalized spacial score (nSPS) is 11.0. The fourth-order valence-corrected chi connectivity index (χ4v) is 2.43. The molecule has 24 heavy (non-hydrogen) atoms. The summed E-state index contributed by atoms with van der Waals surface area (Å²) >= 11 is 0. The number of fused-ring (bicyclic) bond motifs is 1. The molecule has 4 N–H and O–H groups in total. The van der Waals surface area contributed by atoms with Crippen LogP contribution in [0.5, 0.6) is 0 Å². The number of hydrogen-bond donors (Lipinski definition) is 3. The molecule has 1 amide bonds. The van der Waals surface area contributed by atoms with Crippen LogP contribution in [0.2, 0.25) is 0 Å². The van der Waals surface area contributed by atoms with Crippen LogP contribution in [0, 0.1) is 6.92 Å². The molecule has 2 heterocycles. The third kappa shape index (κ3) is 3.45. The van der Waals surface area contributed by atoms with Crippen LogP contribution in [0.1, 0.15) is 17.8 Å². The molecule has 0 unspecified atom stereocenters. The number of H-pyrrole nitrogens is 1. The van der Waals surface area contributed by atoms with Crippen LogP contribution < -0.4 is 16.8 Å². The Hall–Kier alpha value is -3.10. The van der Waals surface area contributed by atoms with Crippen molar-refractivity contribution in [3.63, 3.8) is 0 Å². The number of carbonyl (C=O) groups excluding carboxylic acids is 1. The maximum Gasteiger partial charge on any atom is 0.419 e. The minimum Gasteiger partial charge on any atom is -0.408 e. The second-order valence-electron chi connectivity index (χ2n) is 5.48. The van der Waals surface area contributed by atoms with Gasteiger partial charge in [-0.1, -0.05) is 6.07 Å². The van der Waals surface area contributed by atoms with E-state index in [4.69, 9.17) is 10.2 Å². The highest BCUT2D eigenvalue weighted by atomic mass is 16.4. The van der Waals surface area contributed by atoms with E-state index in [0.717, 1.165) is 5.56 Å². The first-order valence-electron chi connectivity index (χ1n) is 7.56. The number of aromatic nitrogens is 4. The van der Waals surface area contributed by atoms with E-state index < -0.39 is 5.76 Å². The molecule has 0 saturated heterocycles. The molecule has 0 aliphatic heterocycles. The number of carbonyl (C=O) groups is 1.